The summed E-state index contributed by atoms with van der Waals surface area (Å²) < 4.78 is 26.9. The molecule has 0 spiro atoms. The van der Waals surface area contributed by atoms with E-state index in [-0.39, 0.29) is 12.4 Å². The normalized spacial score (nSPS) is 11.5. The average Bonchev–Trinajstić information content (AvgIpc) is 2.70. The topological polar surface area (TPSA) is 101 Å². The second-order valence-electron chi connectivity index (χ2n) is 7.89. The van der Waals surface area contributed by atoms with E-state index in [0.717, 1.165) is 18.4 Å². The highest BCUT2D eigenvalue weighted by molar-refractivity contribution is 5.87. The van der Waals surface area contributed by atoms with Crippen molar-refractivity contribution in [3.8, 4) is 0 Å². The molecule has 0 aromatic heterocycles. The fraction of sp³-hybridized carbons (Fsp3) is 0.652. The average molecular weight is 441 g/mol. The third-order valence-electron chi connectivity index (χ3n) is 3.94. The lowest BCUT2D eigenvalue weighted by Gasteiger charge is -2.19. The molecule has 0 aliphatic carbocycles. The first-order valence-corrected chi connectivity index (χ1v) is 10.6. The summed E-state index contributed by atoms with van der Waals surface area (Å²) in [7, 11) is 0. The van der Waals surface area contributed by atoms with Crippen LogP contribution in [-0.4, -0.2) is 75.5 Å². The van der Waals surface area contributed by atoms with Crippen molar-refractivity contribution in [2.75, 3.05) is 52.9 Å². The third kappa shape index (κ3) is 15.5. The Balaban J connectivity index is 1.82. The predicted molar refractivity (Wildman–Crippen MR) is 115 cm³/mol. The maximum absolute atomic E-state index is 11.5. The zero-order valence-electron chi connectivity index (χ0n) is 18.9. The number of aryl methyl sites for hydroxylation is 1. The molecule has 0 heterocycles. The van der Waals surface area contributed by atoms with Crippen LogP contribution in [0.3, 0.4) is 0 Å². The summed E-state index contributed by atoms with van der Waals surface area (Å²) in [6, 6.07) is 6.90. The van der Waals surface area contributed by atoms with Gasteiger partial charge in [-0.2, -0.15) is 0 Å². The Morgan fingerprint density at radius 2 is 1.26 bits per heavy atom. The molecule has 0 bridgehead atoms. The van der Waals surface area contributed by atoms with Crippen molar-refractivity contribution in [3.63, 3.8) is 0 Å². The number of esters is 1. The maximum atomic E-state index is 11.5. The van der Waals surface area contributed by atoms with Crippen LogP contribution in [0.2, 0.25) is 0 Å². The van der Waals surface area contributed by atoms with Crippen LogP contribution in [0.1, 0.15) is 49.5 Å². The number of aromatic carboxylic acids is 1. The van der Waals surface area contributed by atoms with Crippen molar-refractivity contribution in [1.82, 2.24) is 0 Å². The zero-order chi connectivity index (χ0) is 23.0. The largest absolute Gasteiger partial charge is 0.478 e. The van der Waals surface area contributed by atoms with Crippen LogP contribution in [0.5, 0.6) is 0 Å². The molecule has 31 heavy (non-hydrogen) atoms. The minimum absolute atomic E-state index is 0.234. The summed E-state index contributed by atoms with van der Waals surface area (Å²) in [5.74, 6) is -1.18. The highest BCUT2D eigenvalue weighted by atomic mass is 16.6. The molecule has 0 amide bonds. The van der Waals surface area contributed by atoms with Crippen molar-refractivity contribution < 1.29 is 38.4 Å². The Hall–Kier alpha value is -2.00. The highest BCUT2D eigenvalue weighted by Gasteiger charge is 2.15. The molecule has 0 saturated heterocycles. The van der Waals surface area contributed by atoms with E-state index >= 15 is 0 Å². The highest BCUT2D eigenvalue weighted by Crippen LogP contribution is 2.08. The summed E-state index contributed by atoms with van der Waals surface area (Å²) >= 11 is 0. The molecule has 0 fully saturated rings. The first-order valence-electron chi connectivity index (χ1n) is 10.6. The molecule has 0 aliphatic rings. The Labute approximate surface area is 184 Å². The second kappa shape index (κ2) is 15.8. The van der Waals surface area contributed by atoms with Gasteiger partial charge in [0.2, 0.25) is 0 Å². The van der Waals surface area contributed by atoms with Crippen LogP contribution < -0.4 is 0 Å². The van der Waals surface area contributed by atoms with Gasteiger partial charge < -0.3 is 28.8 Å². The maximum Gasteiger partial charge on any atom is 0.335 e. The van der Waals surface area contributed by atoms with Gasteiger partial charge in [0.25, 0.3) is 0 Å². The van der Waals surface area contributed by atoms with Crippen LogP contribution in [0, 0.1) is 0 Å². The Morgan fingerprint density at radius 1 is 0.774 bits per heavy atom. The predicted octanol–water partition coefficient (Wildman–Crippen LogP) is 3.12. The quantitative estimate of drug-likeness (QED) is 0.291. The first kappa shape index (κ1) is 27.0. The monoisotopic (exact) mass is 440 g/mol. The van der Waals surface area contributed by atoms with Gasteiger partial charge in [-0.25, -0.2) is 4.79 Å². The summed E-state index contributed by atoms with van der Waals surface area (Å²) in [4.78, 5) is 22.3. The van der Waals surface area contributed by atoms with Crippen LogP contribution in [0.4, 0.5) is 0 Å². The van der Waals surface area contributed by atoms with Gasteiger partial charge in [0.1, 0.15) is 5.60 Å². The third-order valence-corrected chi connectivity index (χ3v) is 3.94. The number of hydrogen-bond donors (Lipinski definition) is 1. The molecule has 0 saturated carbocycles. The molecule has 1 aromatic rings. The number of carboxylic acids is 1. The number of hydrogen-bond acceptors (Lipinski definition) is 7. The van der Waals surface area contributed by atoms with Gasteiger partial charge in [0.15, 0.2) is 0 Å². The molecule has 8 nitrogen and oxygen atoms in total. The number of carboxylic acid groups (broad SMARTS) is 1. The molecule has 0 radical (unpaired) electrons. The van der Waals surface area contributed by atoms with E-state index in [4.69, 9.17) is 28.8 Å². The lowest BCUT2D eigenvalue weighted by atomic mass is 10.1. The zero-order valence-corrected chi connectivity index (χ0v) is 18.9. The van der Waals surface area contributed by atoms with Crippen molar-refractivity contribution in [1.29, 1.82) is 0 Å². The van der Waals surface area contributed by atoms with Gasteiger partial charge in [-0.3, -0.25) is 4.79 Å². The van der Waals surface area contributed by atoms with E-state index in [0.29, 0.717) is 58.4 Å². The minimum Gasteiger partial charge on any atom is -0.478 e. The van der Waals surface area contributed by atoms with E-state index in [1.807, 2.05) is 32.9 Å². The molecule has 0 unspecified atom stereocenters. The number of benzene rings is 1. The van der Waals surface area contributed by atoms with E-state index < -0.39 is 11.6 Å². The van der Waals surface area contributed by atoms with Gasteiger partial charge in [0.05, 0.1) is 58.2 Å². The summed E-state index contributed by atoms with van der Waals surface area (Å²) in [5.41, 5.74) is 0.922. The van der Waals surface area contributed by atoms with E-state index in [1.54, 1.807) is 12.1 Å². The SMILES string of the molecule is CC(C)(C)OC(=O)CCOCCOCCOCCOCCCc1ccc(C(=O)O)cc1. The van der Waals surface area contributed by atoms with Crippen molar-refractivity contribution in [2.24, 2.45) is 0 Å². The fourth-order valence-electron chi connectivity index (χ4n) is 2.50. The lowest BCUT2D eigenvalue weighted by molar-refractivity contribution is -0.156. The summed E-state index contributed by atoms with van der Waals surface area (Å²) in [6.07, 6.45) is 1.94. The number of carbonyl (C=O) groups excluding carboxylic acids is 1. The molecule has 0 atom stereocenters. The lowest BCUT2D eigenvalue weighted by Crippen LogP contribution is -2.24. The molecular formula is C23H36O8. The Bertz CT molecular complexity index is 621. The van der Waals surface area contributed by atoms with Crippen molar-refractivity contribution in [2.45, 2.75) is 45.6 Å². The van der Waals surface area contributed by atoms with Gasteiger partial charge in [0, 0.05) is 6.61 Å². The number of carbonyl (C=O) groups is 2. The van der Waals surface area contributed by atoms with Crippen LogP contribution >= 0.6 is 0 Å². The number of rotatable bonds is 17. The van der Waals surface area contributed by atoms with E-state index in [1.165, 1.54) is 0 Å². The minimum atomic E-state index is -0.913. The summed E-state index contributed by atoms with van der Waals surface area (Å²) in [5, 5.41) is 8.87. The van der Waals surface area contributed by atoms with Crippen LogP contribution in [0.15, 0.2) is 24.3 Å². The van der Waals surface area contributed by atoms with Gasteiger partial charge >= 0.3 is 11.9 Å². The van der Waals surface area contributed by atoms with Gasteiger partial charge in [-0.15, -0.1) is 0 Å². The molecule has 176 valence electrons. The first-order chi connectivity index (χ1) is 14.8. The Morgan fingerprint density at radius 3 is 1.74 bits per heavy atom. The van der Waals surface area contributed by atoms with Crippen LogP contribution in [0.25, 0.3) is 0 Å². The Kier molecular flexibility index (Phi) is 13.7. The smallest absolute Gasteiger partial charge is 0.335 e. The van der Waals surface area contributed by atoms with Crippen LogP contribution in [-0.2, 0) is 34.9 Å². The molecular weight excluding hydrogens is 404 g/mol. The fourth-order valence-corrected chi connectivity index (χ4v) is 2.50. The van der Waals surface area contributed by atoms with Crippen molar-refractivity contribution in [3.05, 3.63) is 35.4 Å². The van der Waals surface area contributed by atoms with E-state index in [2.05, 4.69) is 0 Å². The standard InChI is InChI=1S/C23H36O8/c1-23(2,3)31-21(24)10-12-28-14-16-30-18-17-29-15-13-27-11-4-5-19-6-8-20(9-7-19)22(25)26/h6-9H,4-5,10-18H2,1-3H3,(H,25,26). The van der Waals surface area contributed by atoms with Gasteiger partial charge in [-0.1, -0.05) is 12.1 Å². The molecule has 1 aromatic carbocycles. The molecule has 8 heteroatoms. The molecule has 1 rings (SSSR count). The molecule has 1 N–H and O–H groups in total. The van der Waals surface area contributed by atoms with E-state index in [9.17, 15) is 9.59 Å². The molecule has 0 aliphatic heterocycles. The second-order valence-corrected chi connectivity index (χ2v) is 7.89. The number of ether oxygens (including phenoxy) is 5. The summed E-state index contributed by atoms with van der Waals surface area (Å²) in [6.45, 7) is 9.29. The van der Waals surface area contributed by atoms with Crippen molar-refractivity contribution >= 4 is 11.9 Å². The van der Waals surface area contributed by atoms with Gasteiger partial charge in [-0.05, 0) is 51.3 Å².